The highest BCUT2D eigenvalue weighted by Gasteiger charge is 2.12. The van der Waals surface area contributed by atoms with Crippen LogP contribution in [0.3, 0.4) is 0 Å². The molecular weight excluding hydrogens is 186 g/mol. The fraction of sp³-hybridized carbons (Fsp3) is 0.111. The van der Waals surface area contributed by atoms with E-state index >= 15 is 0 Å². The van der Waals surface area contributed by atoms with E-state index in [1.807, 2.05) is 0 Å². The molecular formula is C9H9NO4. The Bertz CT molecular complexity index is 386. The quantitative estimate of drug-likeness (QED) is 0.639. The molecule has 1 aromatic rings. The molecule has 0 bridgehead atoms. The highest BCUT2D eigenvalue weighted by Crippen LogP contribution is 2.18. The Hall–Kier alpha value is -2.04. The molecule has 0 heterocycles. The lowest BCUT2D eigenvalue weighted by Crippen LogP contribution is -2.18. The normalized spacial score (nSPS) is 9.50. The number of amides is 1. The minimum atomic E-state index is -1.27. The first kappa shape index (κ1) is 10.0. The Morgan fingerprint density at radius 1 is 1.36 bits per heavy atom. The van der Waals surface area contributed by atoms with E-state index in [0.29, 0.717) is 0 Å². The average Bonchev–Trinajstić information content (AvgIpc) is 2.17. The van der Waals surface area contributed by atoms with Gasteiger partial charge in [-0.25, -0.2) is 4.79 Å². The summed E-state index contributed by atoms with van der Waals surface area (Å²) in [6.45, 7) is 0. The van der Waals surface area contributed by atoms with Crippen molar-refractivity contribution in [2.45, 2.75) is 0 Å². The number of phenols is 1. The Morgan fingerprint density at radius 3 is 2.50 bits per heavy atom. The van der Waals surface area contributed by atoms with Crippen molar-refractivity contribution in [1.82, 2.24) is 5.32 Å². The molecule has 0 aromatic heterocycles. The van der Waals surface area contributed by atoms with Crippen molar-refractivity contribution in [2.24, 2.45) is 0 Å². The summed E-state index contributed by atoms with van der Waals surface area (Å²) in [7, 11) is 1.44. The summed E-state index contributed by atoms with van der Waals surface area (Å²) in [6.07, 6.45) is 0. The van der Waals surface area contributed by atoms with E-state index in [1.165, 1.54) is 19.2 Å². The monoisotopic (exact) mass is 195 g/mol. The molecule has 0 aliphatic rings. The third kappa shape index (κ3) is 1.82. The summed E-state index contributed by atoms with van der Waals surface area (Å²) in [5.74, 6) is -2.02. The second kappa shape index (κ2) is 3.78. The fourth-order valence-corrected chi connectivity index (χ4v) is 0.993. The molecule has 0 fully saturated rings. The molecule has 1 aromatic carbocycles. The highest BCUT2D eigenvalue weighted by molar-refractivity contribution is 5.98. The van der Waals surface area contributed by atoms with Crippen molar-refractivity contribution >= 4 is 11.9 Å². The number of hydrogen-bond donors (Lipinski definition) is 3. The lowest BCUT2D eigenvalue weighted by Gasteiger charge is -2.02. The second-order valence-corrected chi connectivity index (χ2v) is 2.62. The minimum absolute atomic E-state index is 0.197. The SMILES string of the molecule is CNC(=O)c1ccc(O)c(C(=O)O)c1. The number of hydrogen-bond acceptors (Lipinski definition) is 3. The first-order valence-electron chi connectivity index (χ1n) is 3.84. The van der Waals surface area contributed by atoms with Crippen LogP contribution in [0.4, 0.5) is 0 Å². The summed E-state index contributed by atoms with van der Waals surface area (Å²) in [5, 5.41) is 20.2. The number of benzene rings is 1. The summed E-state index contributed by atoms with van der Waals surface area (Å²) in [5.41, 5.74) is -0.0891. The van der Waals surface area contributed by atoms with Gasteiger partial charge in [0.25, 0.3) is 5.91 Å². The number of rotatable bonds is 2. The van der Waals surface area contributed by atoms with Crippen LogP contribution >= 0.6 is 0 Å². The molecule has 3 N–H and O–H groups in total. The average molecular weight is 195 g/mol. The molecule has 0 saturated heterocycles. The van der Waals surface area contributed by atoms with Crippen LogP contribution in [0.15, 0.2) is 18.2 Å². The molecule has 0 saturated carbocycles. The molecule has 5 nitrogen and oxygen atoms in total. The Kier molecular flexibility index (Phi) is 2.71. The summed E-state index contributed by atoms with van der Waals surface area (Å²) in [4.78, 5) is 21.7. The smallest absolute Gasteiger partial charge is 0.339 e. The van der Waals surface area contributed by atoms with Crippen LogP contribution < -0.4 is 5.32 Å². The van der Waals surface area contributed by atoms with Gasteiger partial charge in [0.15, 0.2) is 0 Å². The second-order valence-electron chi connectivity index (χ2n) is 2.62. The van der Waals surface area contributed by atoms with E-state index in [2.05, 4.69) is 5.32 Å². The number of nitrogens with one attached hydrogen (secondary N) is 1. The maximum absolute atomic E-state index is 11.1. The maximum Gasteiger partial charge on any atom is 0.339 e. The van der Waals surface area contributed by atoms with Crippen molar-refractivity contribution in [3.8, 4) is 5.75 Å². The zero-order valence-corrected chi connectivity index (χ0v) is 7.44. The van der Waals surface area contributed by atoms with Crippen LogP contribution in [0.1, 0.15) is 20.7 Å². The van der Waals surface area contributed by atoms with E-state index in [-0.39, 0.29) is 16.9 Å². The van der Waals surface area contributed by atoms with Gasteiger partial charge in [-0.1, -0.05) is 0 Å². The lowest BCUT2D eigenvalue weighted by molar-refractivity contribution is 0.0693. The first-order valence-corrected chi connectivity index (χ1v) is 3.84. The molecule has 0 unspecified atom stereocenters. The van der Waals surface area contributed by atoms with Crippen LogP contribution in [0.5, 0.6) is 5.75 Å². The molecule has 74 valence electrons. The summed E-state index contributed by atoms with van der Waals surface area (Å²) < 4.78 is 0. The van der Waals surface area contributed by atoms with Gasteiger partial charge in [0, 0.05) is 12.6 Å². The Balaban J connectivity index is 3.19. The van der Waals surface area contributed by atoms with E-state index in [1.54, 1.807) is 0 Å². The summed E-state index contributed by atoms with van der Waals surface area (Å²) in [6, 6.07) is 3.64. The number of carbonyl (C=O) groups is 2. The predicted octanol–water partition coefficient (Wildman–Crippen LogP) is 0.450. The van der Waals surface area contributed by atoms with Gasteiger partial charge >= 0.3 is 5.97 Å². The van der Waals surface area contributed by atoms with Crippen molar-refractivity contribution in [1.29, 1.82) is 0 Å². The Labute approximate surface area is 80.0 Å². The van der Waals surface area contributed by atoms with Gasteiger partial charge in [0.2, 0.25) is 0 Å². The van der Waals surface area contributed by atoms with Crippen molar-refractivity contribution in [3.05, 3.63) is 29.3 Å². The Morgan fingerprint density at radius 2 is 2.00 bits per heavy atom. The van der Waals surface area contributed by atoms with Gasteiger partial charge in [-0.3, -0.25) is 4.79 Å². The van der Waals surface area contributed by atoms with Crippen LogP contribution in [0, 0.1) is 0 Å². The van der Waals surface area contributed by atoms with Crippen LogP contribution in [-0.2, 0) is 0 Å². The number of carboxylic acids is 1. The van der Waals surface area contributed by atoms with E-state index in [0.717, 1.165) is 6.07 Å². The number of carbonyl (C=O) groups excluding carboxylic acids is 1. The van der Waals surface area contributed by atoms with Crippen molar-refractivity contribution < 1.29 is 19.8 Å². The maximum atomic E-state index is 11.1. The largest absolute Gasteiger partial charge is 0.507 e. The van der Waals surface area contributed by atoms with E-state index in [4.69, 9.17) is 10.2 Å². The lowest BCUT2D eigenvalue weighted by atomic mass is 10.1. The van der Waals surface area contributed by atoms with Crippen molar-refractivity contribution in [2.75, 3.05) is 7.05 Å². The molecule has 1 amide bonds. The van der Waals surface area contributed by atoms with Gasteiger partial charge in [-0.2, -0.15) is 0 Å². The highest BCUT2D eigenvalue weighted by atomic mass is 16.4. The van der Waals surface area contributed by atoms with Crippen LogP contribution in [-0.4, -0.2) is 29.1 Å². The van der Waals surface area contributed by atoms with Gasteiger partial charge in [-0.05, 0) is 18.2 Å². The molecule has 5 heteroatoms. The molecule has 0 atom stereocenters. The van der Waals surface area contributed by atoms with Crippen LogP contribution in [0.2, 0.25) is 0 Å². The number of aromatic hydroxyl groups is 1. The van der Waals surface area contributed by atoms with E-state index < -0.39 is 11.9 Å². The van der Waals surface area contributed by atoms with Gasteiger partial charge in [0.05, 0.1) is 0 Å². The van der Waals surface area contributed by atoms with Gasteiger partial charge in [0.1, 0.15) is 11.3 Å². The third-order valence-corrected chi connectivity index (χ3v) is 1.72. The third-order valence-electron chi connectivity index (χ3n) is 1.72. The number of aromatic carboxylic acids is 1. The number of carboxylic acid groups (broad SMARTS) is 1. The molecule has 0 aliphatic carbocycles. The van der Waals surface area contributed by atoms with Crippen molar-refractivity contribution in [3.63, 3.8) is 0 Å². The van der Waals surface area contributed by atoms with Crippen LogP contribution in [0.25, 0.3) is 0 Å². The summed E-state index contributed by atoms with van der Waals surface area (Å²) >= 11 is 0. The zero-order chi connectivity index (χ0) is 10.7. The molecule has 1 rings (SSSR count). The van der Waals surface area contributed by atoms with Gasteiger partial charge < -0.3 is 15.5 Å². The standard InChI is InChI=1S/C9H9NO4/c1-10-8(12)5-2-3-7(11)6(4-5)9(13)14/h2-4,11H,1H3,(H,10,12)(H,13,14). The first-order chi connectivity index (χ1) is 6.56. The molecule has 14 heavy (non-hydrogen) atoms. The minimum Gasteiger partial charge on any atom is -0.507 e. The molecule has 0 spiro atoms. The topological polar surface area (TPSA) is 86.6 Å². The zero-order valence-electron chi connectivity index (χ0n) is 7.44. The molecule has 0 radical (unpaired) electrons. The van der Waals surface area contributed by atoms with Gasteiger partial charge in [-0.15, -0.1) is 0 Å². The fourth-order valence-electron chi connectivity index (χ4n) is 0.993. The predicted molar refractivity (Wildman–Crippen MR) is 48.5 cm³/mol. The molecule has 0 aliphatic heterocycles. The van der Waals surface area contributed by atoms with E-state index in [9.17, 15) is 9.59 Å².